The molecule has 1 aromatic heterocycles. The Bertz CT molecular complexity index is 597. The van der Waals surface area contributed by atoms with E-state index in [1.807, 2.05) is 17.0 Å². The van der Waals surface area contributed by atoms with Gasteiger partial charge in [0.1, 0.15) is 0 Å². The fourth-order valence-electron chi connectivity index (χ4n) is 2.42. The zero-order valence-electron chi connectivity index (χ0n) is 10.3. The summed E-state index contributed by atoms with van der Waals surface area (Å²) in [5.74, 6) is 1.02. The van der Waals surface area contributed by atoms with Crippen LogP contribution in [0.4, 0.5) is 11.6 Å². The van der Waals surface area contributed by atoms with Crippen LogP contribution in [0.15, 0.2) is 24.3 Å². The Kier molecular flexibility index (Phi) is 3.29. The van der Waals surface area contributed by atoms with Gasteiger partial charge in [-0.15, -0.1) is 0 Å². The van der Waals surface area contributed by atoms with Gasteiger partial charge in [0.15, 0.2) is 0 Å². The van der Waals surface area contributed by atoms with Crippen LogP contribution in [0.1, 0.15) is 12.5 Å². The number of fused-ring (bicyclic) bond motifs is 1. The van der Waals surface area contributed by atoms with Gasteiger partial charge < -0.3 is 4.90 Å². The summed E-state index contributed by atoms with van der Waals surface area (Å²) in [5, 5.41) is 0.233. The normalized spacial score (nSPS) is 18.3. The number of aromatic nitrogens is 3. The van der Waals surface area contributed by atoms with Gasteiger partial charge in [0.25, 0.3) is 0 Å². The van der Waals surface area contributed by atoms with Gasteiger partial charge >= 0.3 is 0 Å². The van der Waals surface area contributed by atoms with Gasteiger partial charge in [-0.05, 0) is 47.2 Å². The van der Waals surface area contributed by atoms with Crippen molar-refractivity contribution in [2.24, 2.45) is 5.92 Å². The molecule has 0 aliphatic carbocycles. The Morgan fingerprint density at radius 1 is 1.11 bits per heavy atom. The standard InChI is InChI=1S/C13H12Cl2N4/c1-8-6-9-4-2-3-5-10(9)19(7-8)13-17-11(14)16-12(15)18-13/h2-5,8H,6-7H2,1H3. The van der Waals surface area contributed by atoms with Crippen molar-refractivity contribution in [2.75, 3.05) is 11.4 Å². The molecule has 1 atom stereocenters. The molecular weight excluding hydrogens is 283 g/mol. The summed E-state index contributed by atoms with van der Waals surface area (Å²) in [5.41, 5.74) is 2.40. The lowest BCUT2D eigenvalue weighted by molar-refractivity contribution is 0.557. The van der Waals surface area contributed by atoms with Crippen molar-refractivity contribution in [3.8, 4) is 0 Å². The van der Waals surface area contributed by atoms with Crippen molar-refractivity contribution in [3.63, 3.8) is 0 Å². The van der Waals surface area contributed by atoms with E-state index in [4.69, 9.17) is 23.2 Å². The number of hydrogen-bond donors (Lipinski definition) is 0. The summed E-state index contributed by atoms with van der Waals surface area (Å²) in [6.07, 6.45) is 1.05. The zero-order valence-corrected chi connectivity index (χ0v) is 11.9. The summed E-state index contributed by atoms with van der Waals surface area (Å²) in [6, 6.07) is 8.24. The Hall–Kier alpha value is -1.39. The Morgan fingerprint density at radius 3 is 2.53 bits per heavy atom. The van der Waals surface area contributed by atoms with Gasteiger partial charge in [-0.2, -0.15) is 15.0 Å². The fourth-order valence-corrected chi connectivity index (χ4v) is 2.78. The van der Waals surface area contributed by atoms with Crippen molar-refractivity contribution < 1.29 is 0 Å². The Balaban J connectivity index is 2.09. The monoisotopic (exact) mass is 294 g/mol. The average Bonchev–Trinajstić information content (AvgIpc) is 2.36. The maximum atomic E-state index is 5.86. The summed E-state index contributed by atoms with van der Waals surface area (Å²) in [4.78, 5) is 14.2. The molecule has 3 rings (SSSR count). The number of anilines is 2. The SMILES string of the molecule is CC1Cc2ccccc2N(c2nc(Cl)nc(Cl)n2)C1. The fraction of sp³-hybridized carbons (Fsp3) is 0.308. The predicted molar refractivity (Wildman–Crippen MR) is 76.2 cm³/mol. The summed E-state index contributed by atoms with van der Waals surface area (Å²) < 4.78 is 0. The molecule has 1 aliphatic heterocycles. The first kappa shape index (κ1) is 12.6. The molecule has 0 saturated carbocycles. The first-order valence-electron chi connectivity index (χ1n) is 6.06. The van der Waals surface area contributed by atoms with E-state index in [-0.39, 0.29) is 10.6 Å². The van der Waals surface area contributed by atoms with Gasteiger partial charge in [0, 0.05) is 12.2 Å². The van der Waals surface area contributed by atoms with Crippen molar-refractivity contribution in [1.82, 2.24) is 15.0 Å². The van der Waals surface area contributed by atoms with Crippen LogP contribution in [0, 0.1) is 5.92 Å². The topological polar surface area (TPSA) is 41.9 Å². The third-order valence-electron chi connectivity index (χ3n) is 3.16. The van der Waals surface area contributed by atoms with E-state index in [9.17, 15) is 0 Å². The van der Waals surface area contributed by atoms with E-state index < -0.39 is 0 Å². The molecule has 1 unspecified atom stereocenters. The lowest BCUT2D eigenvalue weighted by atomic mass is 9.94. The molecular formula is C13H12Cl2N4. The van der Waals surface area contributed by atoms with Gasteiger partial charge in [-0.3, -0.25) is 0 Å². The van der Waals surface area contributed by atoms with Crippen LogP contribution in [-0.4, -0.2) is 21.5 Å². The van der Waals surface area contributed by atoms with Crippen molar-refractivity contribution in [3.05, 3.63) is 40.4 Å². The van der Waals surface area contributed by atoms with E-state index in [2.05, 4.69) is 34.0 Å². The van der Waals surface area contributed by atoms with E-state index in [0.717, 1.165) is 18.7 Å². The molecule has 0 amide bonds. The van der Waals surface area contributed by atoms with E-state index in [0.29, 0.717) is 11.9 Å². The van der Waals surface area contributed by atoms with Gasteiger partial charge in [-0.25, -0.2) is 0 Å². The van der Waals surface area contributed by atoms with Gasteiger partial charge in [0.2, 0.25) is 16.5 Å². The number of rotatable bonds is 1. The highest BCUT2D eigenvalue weighted by Gasteiger charge is 2.24. The quantitative estimate of drug-likeness (QED) is 0.807. The summed E-state index contributed by atoms with van der Waals surface area (Å²) >= 11 is 11.7. The van der Waals surface area contributed by atoms with Gasteiger partial charge in [0.05, 0.1) is 0 Å². The molecule has 1 aromatic carbocycles. The second kappa shape index (κ2) is 4.94. The second-order valence-corrected chi connectivity index (χ2v) is 5.40. The molecule has 0 fully saturated rings. The third-order valence-corrected chi connectivity index (χ3v) is 3.49. The Morgan fingerprint density at radius 2 is 1.79 bits per heavy atom. The van der Waals surface area contributed by atoms with Gasteiger partial charge in [-0.1, -0.05) is 25.1 Å². The number of para-hydroxylation sites is 1. The highest BCUT2D eigenvalue weighted by molar-refractivity contribution is 6.31. The lowest BCUT2D eigenvalue weighted by Gasteiger charge is -2.33. The van der Waals surface area contributed by atoms with E-state index in [1.165, 1.54) is 5.56 Å². The molecule has 2 aromatic rings. The molecule has 1 aliphatic rings. The average molecular weight is 295 g/mol. The van der Waals surface area contributed by atoms with Crippen LogP contribution in [0.3, 0.4) is 0 Å². The minimum Gasteiger partial charge on any atom is -0.310 e. The van der Waals surface area contributed by atoms with Crippen molar-refractivity contribution >= 4 is 34.8 Å². The zero-order chi connectivity index (χ0) is 13.4. The number of hydrogen-bond acceptors (Lipinski definition) is 4. The van der Waals surface area contributed by atoms with Crippen LogP contribution < -0.4 is 4.90 Å². The molecule has 6 heteroatoms. The summed E-state index contributed by atoms with van der Waals surface area (Å²) in [7, 11) is 0. The Labute approximate surface area is 121 Å². The molecule has 19 heavy (non-hydrogen) atoms. The number of halogens is 2. The van der Waals surface area contributed by atoms with Crippen LogP contribution in [0.25, 0.3) is 0 Å². The highest BCUT2D eigenvalue weighted by Crippen LogP contribution is 2.33. The van der Waals surface area contributed by atoms with Crippen molar-refractivity contribution in [2.45, 2.75) is 13.3 Å². The van der Waals surface area contributed by atoms with Crippen LogP contribution in [0.2, 0.25) is 10.6 Å². The molecule has 0 saturated heterocycles. The number of nitrogens with zero attached hydrogens (tertiary/aromatic N) is 4. The molecule has 0 N–H and O–H groups in total. The van der Waals surface area contributed by atoms with Crippen molar-refractivity contribution in [1.29, 1.82) is 0 Å². The first-order valence-corrected chi connectivity index (χ1v) is 6.81. The summed E-state index contributed by atoms with van der Waals surface area (Å²) in [6.45, 7) is 3.04. The molecule has 0 spiro atoms. The lowest BCUT2D eigenvalue weighted by Crippen LogP contribution is -2.31. The van der Waals surface area contributed by atoms with Crippen LogP contribution >= 0.6 is 23.2 Å². The maximum Gasteiger partial charge on any atom is 0.235 e. The van der Waals surface area contributed by atoms with E-state index in [1.54, 1.807) is 0 Å². The largest absolute Gasteiger partial charge is 0.310 e. The van der Waals surface area contributed by atoms with Crippen LogP contribution in [-0.2, 0) is 6.42 Å². The van der Waals surface area contributed by atoms with E-state index >= 15 is 0 Å². The van der Waals surface area contributed by atoms with Crippen LogP contribution in [0.5, 0.6) is 0 Å². The maximum absolute atomic E-state index is 5.86. The number of benzene rings is 1. The minimum absolute atomic E-state index is 0.116. The second-order valence-electron chi connectivity index (χ2n) is 4.72. The smallest absolute Gasteiger partial charge is 0.235 e. The third kappa shape index (κ3) is 2.51. The predicted octanol–water partition coefficient (Wildman–Crippen LogP) is 3.51. The first-order chi connectivity index (χ1) is 9.13. The highest BCUT2D eigenvalue weighted by atomic mass is 35.5. The molecule has 0 radical (unpaired) electrons. The molecule has 2 heterocycles. The molecule has 0 bridgehead atoms. The molecule has 98 valence electrons. The minimum atomic E-state index is 0.116. The molecule has 4 nitrogen and oxygen atoms in total.